The minimum atomic E-state index is -1.83. The number of rotatable bonds is 9. The predicted octanol–water partition coefficient (Wildman–Crippen LogP) is 3.35. The van der Waals surface area contributed by atoms with Gasteiger partial charge in [-0.05, 0) is 51.3 Å². The molecule has 1 N–H and O–H groups in total. The van der Waals surface area contributed by atoms with E-state index in [0.717, 1.165) is 4.57 Å². The molecular weight excluding hydrogens is 540 g/mol. The fourth-order valence-electron chi connectivity index (χ4n) is 4.86. The van der Waals surface area contributed by atoms with Gasteiger partial charge in [0.2, 0.25) is 5.89 Å². The third kappa shape index (κ3) is 4.84. The summed E-state index contributed by atoms with van der Waals surface area (Å²) in [5.74, 6) is -0.548. The van der Waals surface area contributed by atoms with Gasteiger partial charge >= 0.3 is 11.7 Å². The maximum atomic E-state index is 14.1. The van der Waals surface area contributed by atoms with Gasteiger partial charge < -0.3 is 23.7 Å². The summed E-state index contributed by atoms with van der Waals surface area (Å²) >= 11 is 1.18. The normalized spacial score (nSPS) is 15.4. The molecule has 0 aliphatic carbocycles. The number of oxazole rings is 1. The van der Waals surface area contributed by atoms with E-state index >= 15 is 0 Å². The number of aliphatic carboxylic acids is 1. The number of fused-ring (bicyclic) bond motifs is 1. The number of hydrogen-bond donors (Lipinski definition) is 1. The summed E-state index contributed by atoms with van der Waals surface area (Å²) in [4.78, 5) is 49.8. The largest absolute Gasteiger partial charge is 0.495 e. The number of carboxylic acids is 1. The van der Waals surface area contributed by atoms with Crippen LogP contribution >= 0.6 is 11.3 Å². The van der Waals surface area contributed by atoms with E-state index in [9.17, 15) is 19.5 Å². The Balaban J connectivity index is 1.76. The van der Waals surface area contributed by atoms with Gasteiger partial charge in [-0.1, -0.05) is 0 Å². The second-order valence-corrected chi connectivity index (χ2v) is 11.0. The Morgan fingerprint density at radius 3 is 2.65 bits per heavy atom. The van der Waals surface area contributed by atoms with Crippen molar-refractivity contribution in [2.24, 2.45) is 0 Å². The van der Waals surface area contributed by atoms with Gasteiger partial charge in [0.1, 0.15) is 34.2 Å². The first-order valence-corrected chi connectivity index (χ1v) is 13.6. The van der Waals surface area contributed by atoms with Crippen LogP contribution in [0.4, 0.5) is 0 Å². The lowest BCUT2D eigenvalue weighted by atomic mass is 10.1. The summed E-state index contributed by atoms with van der Waals surface area (Å²) in [5, 5.41) is 10.2. The third-order valence-electron chi connectivity index (χ3n) is 7.12. The Hall–Kier alpha value is -3.81. The van der Waals surface area contributed by atoms with Gasteiger partial charge in [0.15, 0.2) is 0 Å². The highest BCUT2D eigenvalue weighted by molar-refractivity contribution is 7.22. The Kier molecular flexibility index (Phi) is 7.62. The average Bonchev–Trinajstić information content (AvgIpc) is 3.59. The highest BCUT2D eigenvalue weighted by atomic mass is 32.1. The molecule has 0 bridgehead atoms. The SMILES string of the molecule is COc1cccnc1[C@@H](Cn1c(=O)n(C(C)(C)C(=O)O)c(=O)c2c(C)c(-c3ncco3)sc21)OC1CCOCC1. The zero-order valence-electron chi connectivity index (χ0n) is 22.6. The van der Waals surface area contributed by atoms with Crippen molar-refractivity contribution < 1.29 is 28.5 Å². The van der Waals surface area contributed by atoms with Gasteiger partial charge in [0.05, 0.1) is 36.2 Å². The molecule has 1 aliphatic heterocycles. The van der Waals surface area contributed by atoms with Crippen LogP contribution < -0.4 is 16.0 Å². The molecule has 5 heterocycles. The van der Waals surface area contributed by atoms with E-state index in [-0.39, 0.29) is 18.0 Å². The number of ether oxygens (including phenoxy) is 3. The number of carboxylic acid groups (broad SMARTS) is 1. The summed E-state index contributed by atoms with van der Waals surface area (Å²) in [6.45, 7) is 5.40. The molecule has 0 spiro atoms. The molecular formula is C27H30N4O8S. The van der Waals surface area contributed by atoms with Crippen LogP contribution in [0.2, 0.25) is 0 Å². The molecule has 13 heteroatoms. The topological polar surface area (TPSA) is 148 Å². The van der Waals surface area contributed by atoms with Crippen molar-refractivity contribution in [3.05, 3.63) is 62.9 Å². The predicted molar refractivity (Wildman–Crippen MR) is 146 cm³/mol. The number of methoxy groups -OCH3 is 1. The Morgan fingerprint density at radius 2 is 2.00 bits per heavy atom. The van der Waals surface area contributed by atoms with Crippen LogP contribution in [0, 0.1) is 6.92 Å². The van der Waals surface area contributed by atoms with Crippen LogP contribution in [0.1, 0.15) is 44.1 Å². The molecule has 1 aliphatic rings. The van der Waals surface area contributed by atoms with E-state index in [1.807, 2.05) is 0 Å². The Bertz CT molecular complexity index is 1650. The summed E-state index contributed by atoms with van der Waals surface area (Å²) in [7, 11) is 1.53. The number of aryl methyl sites for hydroxylation is 1. The second-order valence-electron chi connectivity index (χ2n) is 10.00. The van der Waals surface area contributed by atoms with Gasteiger partial charge in [0, 0.05) is 19.4 Å². The standard InChI is InChI=1S/C27H30N4O8S/c1-15-19-23(32)31(27(2,3)25(33)34)26(35)30(24(19)40-21(15)22-29-10-13-38-22)14-18(39-16-7-11-37-12-8-16)20-17(36-4)6-5-9-28-20/h5-6,9-10,13,16,18H,7-8,11-12,14H2,1-4H3,(H,33,34)/t18-/m1/s1. The average molecular weight is 571 g/mol. The molecule has 5 rings (SSSR count). The first-order valence-electron chi connectivity index (χ1n) is 12.8. The van der Waals surface area contributed by atoms with E-state index in [1.54, 1.807) is 25.3 Å². The summed E-state index contributed by atoms with van der Waals surface area (Å²) in [6.07, 6.45) is 4.92. The molecule has 0 saturated carbocycles. The molecule has 0 aromatic carbocycles. The van der Waals surface area contributed by atoms with E-state index in [1.165, 1.54) is 49.3 Å². The molecule has 0 unspecified atom stereocenters. The molecule has 1 saturated heterocycles. The zero-order chi connectivity index (χ0) is 28.6. The quantitative estimate of drug-likeness (QED) is 0.318. The monoisotopic (exact) mass is 570 g/mol. The van der Waals surface area contributed by atoms with Crippen LogP contribution in [0.3, 0.4) is 0 Å². The Morgan fingerprint density at radius 1 is 1.25 bits per heavy atom. The number of hydrogen-bond acceptors (Lipinski definition) is 10. The van der Waals surface area contributed by atoms with Gasteiger partial charge in [-0.2, -0.15) is 0 Å². The van der Waals surface area contributed by atoms with Crippen molar-refractivity contribution in [3.63, 3.8) is 0 Å². The number of carbonyl (C=O) groups is 1. The number of aromatic nitrogens is 4. The van der Waals surface area contributed by atoms with Crippen LogP contribution in [0.15, 0.2) is 44.8 Å². The molecule has 40 heavy (non-hydrogen) atoms. The van der Waals surface area contributed by atoms with Crippen molar-refractivity contribution >= 4 is 27.5 Å². The van der Waals surface area contributed by atoms with Crippen molar-refractivity contribution in [1.29, 1.82) is 0 Å². The summed E-state index contributed by atoms with van der Waals surface area (Å²) in [6, 6.07) is 3.49. The summed E-state index contributed by atoms with van der Waals surface area (Å²) in [5.41, 5.74) is -2.30. The fourth-order valence-corrected chi connectivity index (χ4v) is 6.10. The van der Waals surface area contributed by atoms with Gasteiger partial charge in [-0.25, -0.2) is 19.1 Å². The molecule has 4 aromatic heterocycles. The van der Waals surface area contributed by atoms with E-state index in [2.05, 4.69) is 9.97 Å². The lowest BCUT2D eigenvalue weighted by molar-refractivity contribution is -0.146. The first kappa shape index (κ1) is 27.7. The van der Waals surface area contributed by atoms with Crippen LogP contribution in [0.5, 0.6) is 5.75 Å². The molecule has 4 aromatic rings. The molecule has 1 atom stereocenters. The minimum Gasteiger partial charge on any atom is -0.495 e. The molecule has 12 nitrogen and oxygen atoms in total. The number of thiophene rings is 1. The highest BCUT2D eigenvalue weighted by Gasteiger charge is 2.36. The maximum absolute atomic E-state index is 14.1. The van der Waals surface area contributed by atoms with Crippen LogP contribution in [-0.4, -0.2) is 56.6 Å². The maximum Gasteiger partial charge on any atom is 0.333 e. The van der Waals surface area contributed by atoms with Crippen LogP contribution in [-0.2, 0) is 26.4 Å². The number of nitrogens with zero attached hydrogens (tertiary/aromatic N) is 4. The zero-order valence-corrected chi connectivity index (χ0v) is 23.4. The fraction of sp³-hybridized carbons (Fsp3) is 0.444. The molecule has 1 fully saturated rings. The number of pyridine rings is 1. The minimum absolute atomic E-state index is 0.0545. The second kappa shape index (κ2) is 11.0. The van der Waals surface area contributed by atoms with Gasteiger partial charge in [-0.3, -0.25) is 14.3 Å². The van der Waals surface area contributed by atoms with E-state index in [4.69, 9.17) is 18.6 Å². The lowest BCUT2D eigenvalue weighted by Gasteiger charge is -2.29. The highest BCUT2D eigenvalue weighted by Crippen LogP contribution is 2.37. The first-order chi connectivity index (χ1) is 19.1. The molecule has 212 valence electrons. The molecule has 0 amide bonds. The van der Waals surface area contributed by atoms with Gasteiger partial charge in [-0.15, -0.1) is 11.3 Å². The van der Waals surface area contributed by atoms with E-state index < -0.39 is 28.9 Å². The lowest BCUT2D eigenvalue weighted by Crippen LogP contribution is -2.52. The Labute approximate surface area is 232 Å². The van der Waals surface area contributed by atoms with Crippen LogP contribution in [0.25, 0.3) is 21.0 Å². The molecule has 0 radical (unpaired) electrons. The van der Waals surface area contributed by atoms with Crippen molar-refractivity contribution in [3.8, 4) is 16.5 Å². The smallest absolute Gasteiger partial charge is 0.333 e. The van der Waals surface area contributed by atoms with Crippen molar-refractivity contribution in [1.82, 2.24) is 19.1 Å². The van der Waals surface area contributed by atoms with E-state index in [0.29, 0.717) is 58.7 Å². The van der Waals surface area contributed by atoms with Gasteiger partial charge in [0.25, 0.3) is 5.56 Å². The van der Waals surface area contributed by atoms with Crippen molar-refractivity contribution in [2.45, 2.75) is 57.9 Å². The summed E-state index contributed by atoms with van der Waals surface area (Å²) < 4.78 is 25.3. The third-order valence-corrected chi connectivity index (χ3v) is 8.42. The van der Waals surface area contributed by atoms with Crippen molar-refractivity contribution in [2.75, 3.05) is 20.3 Å².